The molecule has 1 saturated heterocycles. The van der Waals surface area contributed by atoms with Crippen molar-refractivity contribution in [3.63, 3.8) is 0 Å². The van der Waals surface area contributed by atoms with Crippen molar-refractivity contribution in [2.45, 2.75) is 32.4 Å². The van der Waals surface area contributed by atoms with E-state index >= 15 is 0 Å². The van der Waals surface area contributed by atoms with Crippen LogP contribution >= 0.6 is 11.6 Å². The predicted octanol–water partition coefficient (Wildman–Crippen LogP) is 3.05. The second kappa shape index (κ2) is 6.50. The summed E-state index contributed by atoms with van der Waals surface area (Å²) in [5.41, 5.74) is 0.879. The molecule has 1 fully saturated rings. The van der Waals surface area contributed by atoms with E-state index in [-0.39, 0.29) is 10.8 Å². The minimum Gasteiger partial charge on any atom is -0.315 e. The zero-order valence-corrected chi connectivity index (χ0v) is 11.5. The highest BCUT2D eigenvalue weighted by molar-refractivity contribution is 6.31. The summed E-state index contributed by atoms with van der Waals surface area (Å²) in [7, 11) is 0. The number of nitrogens with one attached hydrogen (secondary N) is 1. The van der Waals surface area contributed by atoms with Gasteiger partial charge in [-0.2, -0.15) is 0 Å². The van der Waals surface area contributed by atoms with E-state index in [0.29, 0.717) is 6.04 Å². The maximum absolute atomic E-state index is 13.4. The highest BCUT2D eigenvalue weighted by Crippen LogP contribution is 2.22. The Labute approximate surface area is 113 Å². The molecule has 1 unspecified atom stereocenters. The van der Waals surface area contributed by atoms with Gasteiger partial charge in [0.2, 0.25) is 0 Å². The Morgan fingerprint density at radius 2 is 2.33 bits per heavy atom. The van der Waals surface area contributed by atoms with Gasteiger partial charge in [-0.15, -0.1) is 0 Å². The molecule has 1 heterocycles. The van der Waals surface area contributed by atoms with Gasteiger partial charge < -0.3 is 5.32 Å². The van der Waals surface area contributed by atoms with Crippen molar-refractivity contribution in [3.05, 3.63) is 34.6 Å². The third kappa shape index (κ3) is 3.22. The summed E-state index contributed by atoms with van der Waals surface area (Å²) in [6.45, 7) is 5.94. The Balaban J connectivity index is 2.07. The summed E-state index contributed by atoms with van der Waals surface area (Å²) in [5, 5.41) is 3.68. The number of benzene rings is 1. The van der Waals surface area contributed by atoms with Gasteiger partial charge in [-0.05, 0) is 37.6 Å². The van der Waals surface area contributed by atoms with E-state index in [2.05, 4.69) is 17.1 Å². The van der Waals surface area contributed by atoms with Gasteiger partial charge in [0, 0.05) is 19.1 Å². The zero-order valence-electron chi connectivity index (χ0n) is 10.8. The molecule has 0 saturated carbocycles. The molecule has 1 aromatic carbocycles. The Bertz CT molecular complexity index is 391. The topological polar surface area (TPSA) is 15.3 Å². The molecular formula is C14H20ClFN2. The highest BCUT2D eigenvalue weighted by Gasteiger charge is 2.20. The van der Waals surface area contributed by atoms with Crippen LogP contribution < -0.4 is 5.32 Å². The molecule has 0 aromatic heterocycles. The number of halogens is 2. The quantitative estimate of drug-likeness (QED) is 0.905. The summed E-state index contributed by atoms with van der Waals surface area (Å²) in [4.78, 5) is 2.37. The fraction of sp³-hybridized carbons (Fsp3) is 0.571. The highest BCUT2D eigenvalue weighted by atomic mass is 35.5. The van der Waals surface area contributed by atoms with E-state index in [1.807, 2.05) is 6.07 Å². The Morgan fingerprint density at radius 1 is 1.50 bits per heavy atom. The van der Waals surface area contributed by atoms with Crippen LogP contribution in [-0.2, 0) is 6.54 Å². The van der Waals surface area contributed by atoms with Gasteiger partial charge >= 0.3 is 0 Å². The van der Waals surface area contributed by atoms with Crippen LogP contribution in [0.25, 0.3) is 0 Å². The minimum atomic E-state index is -0.327. The van der Waals surface area contributed by atoms with Crippen molar-refractivity contribution < 1.29 is 4.39 Å². The van der Waals surface area contributed by atoms with Gasteiger partial charge in [-0.1, -0.05) is 30.7 Å². The van der Waals surface area contributed by atoms with E-state index in [1.165, 1.54) is 18.9 Å². The smallest absolute Gasteiger partial charge is 0.142 e. The zero-order chi connectivity index (χ0) is 13.0. The molecule has 4 heteroatoms. The van der Waals surface area contributed by atoms with E-state index < -0.39 is 0 Å². The summed E-state index contributed by atoms with van der Waals surface area (Å²) in [5.74, 6) is -0.327. The van der Waals surface area contributed by atoms with E-state index in [0.717, 1.165) is 31.7 Å². The lowest BCUT2D eigenvalue weighted by molar-refractivity contribution is 0.166. The Morgan fingerprint density at radius 3 is 3.00 bits per heavy atom. The number of rotatable bonds is 4. The molecular weight excluding hydrogens is 251 g/mol. The molecule has 2 nitrogen and oxygen atoms in total. The maximum Gasteiger partial charge on any atom is 0.142 e. The molecule has 100 valence electrons. The van der Waals surface area contributed by atoms with Gasteiger partial charge in [0.05, 0.1) is 5.02 Å². The van der Waals surface area contributed by atoms with Crippen molar-refractivity contribution in [2.24, 2.45) is 0 Å². The first-order chi connectivity index (χ1) is 8.72. The van der Waals surface area contributed by atoms with Crippen LogP contribution in [0.3, 0.4) is 0 Å². The van der Waals surface area contributed by atoms with Gasteiger partial charge in [0.25, 0.3) is 0 Å². The van der Waals surface area contributed by atoms with Crippen LogP contribution in [0.1, 0.15) is 25.3 Å². The van der Waals surface area contributed by atoms with Crippen molar-refractivity contribution in [2.75, 3.05) is 19.6 Å². The van der Waals surface area contributed by atoms with Crippen molar-refractivity contribution >= 4 is 11.6 Å². The summed E-state index contributed by atoms with van der Waals surface area (Å²) in [6, 6.07) is 5.57. The fourth-order valence-corrected chi connectivity index (χ4v) is 2.72. The molecule has 0 amide bonds. The average Bonchev–Trinajstić information content (AvgIpc) is 2.41. The predicted molar refractivity (Wildman–Crippen MR) is 73.4 cm³/mol. The molecule has 1 aliphatic heterocycles. The van der Waals surface area contributed by atoms with E-state index in [4.69, 9.17) is 11.6 Å². The first-order valence-electron chi connectivity index (χ1n) is 6.60. The van der Waals surface area contributed by atoms with Crippen LogP contribution in [0.15, 0.2) is 18.2 Å². The first-order valence-corrected chi connectivity index (χ1v) is 6.97. The standard InChI is InChI=1S/C14H20ClFN2/c1-2-18(12-6-4-8-17-9-12)10-11-5-3-7-13(16)14(11)15/h3,5,7,12,17H,2,4,6,8-10H2,1H3. The van der Waals surface area contributed by atoms with Crippen LogP contribution in [0.4, 0.5) is 4.39 Å². The monoisotopic (exact) mass is 270 g/mol. The summed E-state index contributed by atoms with van der Waals surface area (Å²) >= 11 is 6.02. The normalized spacial score (nSPS) is 20.3. The number of likely N-dealkylation sites (N-methyl/N-ethyl adjacent to an activating group) is 1. The molecule has 1 aromatic rings. The molecule has 1 aliphatic rings. The van der Waals surface area contributed by atoms with Gasteiger partial charge in [-0.3, -0.25) is 4.90 Å². The van der Waals surface area contributed by atoms with Crippen LogP contribution in [-0.4, -0.2) is 30.6 Å². The molecule has 0 bridgehead atoms. The van der Waals surface area contributed by atoms with Crippen molar-refractivity contribution in [1.82, 2.24) is 10.2 Å². The van der Waals surface area contributed by atoms with Crippen molar-refractivity contribution in [1.29, 1.82) is 0 Å². The SMILES string of the molecule is CCN(Cc1cccc(F)c1Cl)C1CCCNC1. The van der Waals surface area contributed by atoms with Crippen molar-refractivity contribution in [3.8, 4) is 0 Å². The lowest BCUT2D eigenvalue weighted by Gasteiger charge is -2.34. The minimum absolute atomic E-state index is 0.264. The first kappa shape index (κ1) is 13.8. The van der Waals surface area contributed by atoms with Gasteiger partial charge in [0.15, 0.2) is 0 Å². The Hall–Kier alpha value is -0.640. The molecule has 0 radical (unpaired) electrons. The second-order valence-electron chi connectivity index (χ2n) is 4.78. The number of nitrogens with zero attached hydrogens (tertiary/aromatic N) is 1. The fourth-order valence-electron chi connectivity index (χ4n) is 2.53. The van der Waals surface area contributed by atoms with Gasteiger partial charge in [0.1, 0.15) is 5.82 Å². The lowest BCUT2D eigenvalue weighted by Crippen LogP contribution is -2.45. The maximum atomic E-state index is 13.4. The number of piperidine rings is 1. The lowest BCUT2D eigenvalue weighted by atomic mass is 10.0. The third-order valence-corrected chi connectivity index (χ3v) is 4.02. The molecule has 2 rings (SSSR count). The third-order valence-electron chi connectivity index (χ3n) is 3.60. The largest absolute Gasteiger partial charge is 0.315 e. The van der Waals surface area contributed by atoms with Crippen LogP contribution in [0.2, 0.25) is 5.02 Å². The second-order valence-corrected chi connectivity index (χ2v) is 5.15. The molecule has 1 atom stereocenters. The van der Waals surface area contributed by atoms with Crippen LogP contribution in [0, 0.1) is 5.82 Å². The summed E-state index contributed by atoms with van der Waals surface area (Å²) in [6.07, 6.45) is 2.41. The number of hydrogen-bond acceptors (Lipinski definition) is 2. The molecule has 1 N–H and O–H groups in total. The number of hydrogen-bond donors (Lipinski definition) is 1. The average molecular weight is 271 g/mol. The Kier molecular flexibility index (Phi) is 4.98. The summed E-state index contributed by atoms with van der Waals surface area (Å²) < 4.78 is 13.4. The molecule has 0 spiro atoms. The molecule has 0 aliphatic carbocycles. The van der Waals surface area contributed by atoms with Gasteiger partial charge in [-0.25, -0.2) is 4.39 Å². The van der Waals surface area contributed by atoms with E-state index in [9.17, 15) is 4.39 Å². The van der Waals surface area contributed by atoms with E-state index in [1.54, 1.807) is 6.07 Å². The molecule has 18 heavy (non-hydrogen) atoms. The van der Waals surface area contributed by atoms with Crippen LogP contribution in [0.5, 0.6) is 0 Å².